The van der Waals surface area contributed by atoms with Gasteiger partial charge in [0.25, 0.3) is 0 Å². The third kappa shape index (κ3) is 2.65. The van der Waals surface area contributed by atoms with Gasteiger partial charge in [0.05, 0.1) is 13.7 Å². The van der Waals surface area contributed by atoms with E-state index in [4.69, 9.17) is 9.47 Å². The first-order valence-electron chi connectivity index (χ1n) is 6.75. The minimum absolute atomic E-state index is 0.269. The quantitative estimate of drug-likeness (QED) is 0.616. The smallest absolute Gasteiger partial charge is 0.331 e. The van der Waals surface area contributed by atoms with Crippen LogP contribution in [0.15, 0.2) is 24.3 Å². The van der Waals surface area contributed by atoms with Gasteiger partial charge < -0.3 is 9.47 Å². The molecule has 1 aromatic carbocycles. The van der Waals surface area contributed by atoms with Crippen LogP contribution in [0.3, 0.4) is 0 Å². The van der Waals surface area contributed by atoms with E-state index in [-0.39, 0.29) is 5.97 Å². The Balaban J connectivity index is 2.45. The van der Waals surface area contributed by atoms with Crippen molar-refractivity contribution in [1.29, 1.82) is 0 Å². The van der Waals surface area contributed by atoms with Crippen LogP contribution in [0.25, 0.3) is 5.57 Å². The molecule has 0 spiro atoms. The molecule has 0 heterocycles. The maximum absolute atomic E-state index is 11.7. The summed E-state index contributed by atoms with van der Waals surface area (Å²) in [5, 5.41) is 0. The highest BCUT2D eigenvalue weighted by Crippen LogP contribution is 2.43. The van der Waals surface area contributed by atoms with Crippen molar-refractivity contribution in [2.75, 3.05) is 13.7 Å². The van der Waals surface area contributed by atoms with Crippen LogP contribution in [0.1, 0.15) is 31.4 Å². The maximum atomic E-state index is 11.7. The Hall–Kier alpha value is -1.77. The Labute approximate surface area is 114 Å². The van der Waals surface area contributed by atoms with Crippen molar-refractivity contribution in [3.63, 3.8) is 0 Å². The summed E-state index contributed by atoms with van der Waals surface area (Å²) in [7, 11) is 1.66. The molecule has 3 nitrogen and oxygen atoms in total. The van der Waals surface area contributed by atoms with Crippen molar-refractivity contribution in [2.45, 2.75) is 26.7 Å². The lowest BCUT2D eigenvalue weighted by atomic mass is 9.96. The molecule has 0 saturated heterocycles. The average Bonchev–Trinajstić information content (AvgIpc) is 2.77. The number of carbonyl (C=O) groups is 1. The third-order valence-corrected chi connectivity index (χ3v) is 3.58. The highest BCUT2D eigenvalue weighted by molar-refractivity contribution is 5.94. The van der Waals surface area contributed by atoms with Gasteiger partial charge in [0.1, 0.15) is 5.75 Å². The predicted molar refractivity (Wildman–Crippen MR) is 75.1 cm³/mol. The Morgan fingerprint density at radius 1 is 1.42 bits per heavy atom. The van der Waals surface area contributed by atoms with Crippen LogP contribution in [0, 0.1) is 5.92 Å². The first kappa shape index (κ1) is 13.7. The number of hydrogen-bond acceptors (Lipinski definition) is 3. The van der Waals surface area contributed by atoms with E-state index < -0.39 is 0 Å². The lowest BCUT2D eigenvalue weighted by molar-refractivity contribution is -0.137. The van der Waals surface area contributed by atoms with Crippen LogP contribution in [0.4, 0.5) is 0 Å². The fraction of sp³-hybridized carbons (Fsp3) is 0.438. The van der Waals surface area contributed by atoms with Crippen molar-refractivity contribution in [3.8, 4) is 5.75 Å². The zero-order chi connectivity index (χ0) is 13.8. The van der Waals surface area contributed by atoms with E-state index in [2.05, 4.69) is 13.0 Å². The van der Waals surface area contributed by atoms with E-state index in [1.54, 1.807) is 13.2 Å². The van der Waals surface area contributed by atoms with Gasteiger partial charge in [-0.05, 0) is 42.9 Å². The number of fused-ring (bicyclic) bond motifs is 1. The van der Waals surface area contributed by atoms with Gasteiger partial charge in [0.15, 0.2) is 0 Å². The van der Waals surface area contributed by atoms with Gasteiger partial charge in [0, 0.05) is 11.6 Å². The molecule has 3 heteroatoms. The van der Waals surface area contributed by atoms with E-state index in [0.717, 1.165) is 29.7 Å². The Morgan fingerprint density at radius 3 is 2.84 bits per heavy atom. The van der Waals surface area contributed by atoms with E-state index in [9.17, 15) is 4.79 Å². The van der Waals surface area contributed by atoms with E-state index in [0.29, 0.717) is 12.5 Å². The molecule has 1 aromatic rings. The van der Waals surface area contributed by atoms with Crippen LogP contribution < -0.4 is 4.74 Å². The molecule has 1 unspecified atom stereocenters. The number of benzene rings is 1. The van der Waals surface area contributed by atoms with Gasteiger partial charge in [0.2, 0.25) is 0 Å². The monoisotopic (exact) mass is 260 g/mol. The fourth-order valence-corrected chi connectivity index (χ4v) is 2.69. The summed E-state index contributed by atoms with van der Waals surface area (Å²) in [4.78, 5) is 11.7. The van der Waals surface area contributed by atoms with E-state index in [1.165, 1.54) is 5.56 Å². The second-order valence-electron chi connectivity index (χ2n) is 4.66. The van der Waals surface area contributed by atoms with Crippen molar-refractivity contribution >= 4 is 11.5 Å². The molecule has 0 bridgehead atoms. The molecule has 0 aromatic heterocycles. The number of ether oxygens (including phenoxy) is 2. The molecule has 0 aliphatic heterocycles. The van der Waals surface area contributed by atoms with E-state index in [1.807, 2.05) is 19.1 Å². The van der Waals surface area contributed by atoms with Crippen LogP contribution in [-0.2, 0) is 16.0 Å². The summed E-state index contributed by atoms with van der Waals surface area (Å²) >= 11 is 0. The van der Waals surface area contributed by atoms with Crippen molar-refractivity contribution < 1.29 is 14.3 Å². The zero-order valence-corrected chi connectivity index (χ0v) is 11.7. The normalized spacial score (nSPS) is 19.3. The predicted octanol–water partition coefficient (Wildman–Crippen LogP) is 3.22. The molecular formula is C16H20O3. The number of methoxy groups -OCH3 is 1. The molecule has 1 aliphatic carbocycles. The second-order valence-corrected chi connectivity index (χ2v) is 4.66. The average molecular weight is 260 g/mol. The number of esters is 1. The van der Waals surface area contributed by atoms with Gasteiger partial charge in [-0.15, -0.1) is 0 Å². The van der Waals surface area contributed by atoms with Crippen LogP contribution in [0.2, 0.25) is 0 Å². The standard InChI is InChI=1S/C16H20O3/c1-4-11-9-12-7-6-8-14(18-3)16(12)13(11)10-15(17)19-5-2/h6-8,10-11H,4-5,9H2,1-3H3. The lowest BCUT2D eigenvalue weighted by Gasteiger charge is -2.11. The Kier molecular flexibility index (Phi) is 4.25. The van der Waals surface area contributed by atoms with Crippen molar-refractivity contribution in [2.24, 2.45) is 5.92 Å². The van der Waals surface area contributed by atoms with Gasteiger partial charge in [-0.1, -0.05) is 19.1 Å². The van der Waals surface area contributed by atoms with Gasteiger partial charge >= 0.3 is 5.97 Å². The molecular weight excluding hydrogens is 240 g/mol. The molecule has 2 rings (SSSR count). The summed E-state index contributed by atoms with van der Waals surface area (Å²) in [6, 6.07) is 6.04. The van der Waals surface area contributed by atoms with Crippen LogP contribution in [0.5, 0.6) is 5.75 Å². The molecule has 102 valence electrons. The van der Waals surface area contributed by atoms with Crippen molar-refractivity contribution in [1.82, 2.24) is 0 Å². The highest BCUT2D eigenvalue weighted by atomic mass is 16.5. The van der Waals surface area contributed by atoms with Gasteiger partial charge in [-0.2, -0.15) is 0 Å². The number of hydrogen-bond donors (Lipinski definition) is 0. The minimum Gasteiger partial charge on any atom is -0.496 e. The minimum atomic E-state index is -0.269. The second kappa shape index (κ2) is 5.91. The molecule has 1 atom stereocenters. The van der Waals surface area contributed by atoms with Crippen molar-refractivity contribution in [3.05, 3.63) is 35.4 Å². The summed E-state index contributed by atoms with van der Waals surface area (Å²) in [6.07, 6.45) is 3.60. The molecule has 0 fully saturated rings. The number of carbonyl (C=O) groups excluding carboxylic acids is 1. The third-order valence-electron chi connectivity index (χ3n) is 3.58. The first-order valence-corrected chi connectivity index (χ1v) is 6.75. The Morgan fingerprint density at radius 2 is 2.21 bits per heavy atom. The molecule has 19 heavy (non-hydrogen) atoms. The summed E-state index contributed by atoms with van der Waals surface area (Å²) in [6.45, 7) is 4.36. The van der Waals surface area contributed by atoms with Crippen LogP contribution >= 0.6 is 0 Å². The SMILES string of the molecule is CCOC(=O)C=C1c2c(cccc2OC)CC1CC. The summed E-state index contributed by atoms with van der Waals surface area (Å²) in [5.74, 6) is 0.939. The molecule has 1 aliphatic rings. The Bertz CT molecular complexity index is 503. The highest BCUT2D eigenvalue weighted by Gasteiger charge is 2.29. The molecule has 0 N–H and O–H groups in total. The first-order chi connectivity index (χ1) is 9.21. The maximum Gasteiger partial charge on any atom is 0.331 e. The largest absolute Gasteiger partial charge is 0.496 e. The lowest BCUT2D eigenvalue weighted by Crippen LogP contribution is -2.04. The van der Waals surface area contributed by atoms with Crippen LogP contribution in [-0.4, -0.2) is 19.7 Å². The number of allylic oxidation sites excluding steroid dienone is 1. The van der Waals surface area contributed by atoms with Gasteiger partial charge in [-0.25, -0.2) is 4.79 Å². The fourth-order valence-electron chi connectivity index (χ4n) is 2.69. The van der Waals surface area contributed by atoms with E-state index >= 15 is 0 Å². The molecule has 0 saturated carbocycles. The molecule has 0 radical (unpaired) electrons. The number of rotatable bonds is 4. The summed E-state index contributed by atoms with van der Waals surface area (Å²) < 4.78 is 10.5. The topological polar surface area (TPSA) is 35.5 Å². The summed E-state index contributed by atoms with van der Waals surface area (Å²) in [5.41, 5.74) is 3.38. The molecule has 0 amide bonds. The van der Waals surface area contributed by atoms with Gasteiger partial charge in [-0.3, -0.25) is 0 Å². The zero-order valence-electron chi connectivity index (χ0n) is 11.7.